The van der Waals surface area contributed by atoms with Crippen LogP contribution in [0.1, 0.15) is 17.5 Å². The van der Waals surface area contributed by atoms with Gasteiger partial charge in [-0.15, -0.1) is 5.10 Å². The summed E-state index contributed by atoms with van der Waals surface area (Å²) >= 11 is 1.27. The predicted molar refractivity (Wildman–Crippen MR) is 109 cm³/mol. The second-order valence-electron chi connectivity index (χ2n) is 7.11. The van der Waals surface area contributed by atoms with Crippen molar-refractivity contribution in [2.75, 3.05) is 11.9 Å². The minimum Gasteiger partial charge on any atom is -0.338 e. The highest BCUT2D eigenvalue weighted by Gasteiger charge is 2.34. The summed E-state index contributed by atoms with van der Waals surface area (Å²) in [7, 11) is 0. The monoisotopic (exact) mass is 410 g/mol. The fourth-order valence-corrected chi connectivity index (χ4v) is 3.86. The summed E-state index contributed by atoms with van der Waals surface area (Å²) in [5, 5.41) is 8.85. The van der Waals surface area contributed by atoms with Crippen LogP contribution in [0.25, 0.3) is 11.3 Å². The Hall–Kier alpha value is -3.13. The number of carbonyl (C=O) groups excluding carboxylic acids is 2. The van der Waals surface area contributed by atoms with Crippen LogP contribution in [0.5, 0.6) is 0 Å². The Bertz CT molecular complexity index is 1050. The van der Waals surface area contributed by atoms with E-state index in [4.69, 9.17) is 0 Å². The van der Waals surface area contributed by atoms with Crippen LogP contribution in [0.4, 0.5) is 10.1 Å². The molecule has 1 saturated heterocycles. The molecule has 1 aromatic heterocycles. The first-order chi connectivity index (χ1) is 14.0. The minimum atomic E-state index is -0.444. The van der Waals surface area contributed by atoms with Crippen LogP contribution in [-0.4, -0.2) is 32.8 Å². The lowest BCUT2D eigenvalue weighted by Crippen LogP contribution is -2.28. The molecule has 4 rings (SSSR count). The molecule has 0 aliphatic carbocycles. The third kappa shape index (κ3) is 4.32. The van der Waals surface area contributed by atoms with Crippen LogP contribution in [0.15, 0.2) is 47.8 Å². The Balaban J connectivity index is 1.44. The number of likely N-dealkylation sites (tertiary alicyclic amines) is 1. The van der Waals surface area contributed by atoms with Crippen molar-refractivity contribution in [1.82, 2.24) is 14.5 Å². The van der Waals surface area contributed by atoms with Crippen LogP contribution >= 0.6 is 11.5 Å². The van der Waals surface area contributed by atoms with E-state index in [1.54, 1.807) is 17.0 Å². The smallest absolute Gasteiger partial charge is 0.229 e. The zero-order valence-electron chi connectivity index (χ0n) is 15.8. The van der Waals surface area contributed by atoms with Gasteiger partial charge in [-0.2, -0.15) is 0 Å². The van der Waals surface area contributed by atoms with Crippen LogP contribution in [0.2, 0.25) is 0 Å². The Kier molecular flexibility index (Phi) is 5.35. The van der Waals surface area contributed by atoms with E-state index in [9.17, 15) is 14.0 Å². The van der Waals surface area contributed by atoms with Crippen LogP contribution in [0, 0.1) is 18.7 Å². The predicted octanol–water partition coefficient (Wildman–Crippen LogP) is 3.64. The summed E-state index contributed by atoms with van der Waals surface area (Å²) in [5.74, 6) is -1.08. The second-order valence-corrected chi connectivity index (χ2v) is 7.72. The summed E-state index contributed by atoms with van der Waals surface area (Å²) in [4.78, 5) is 26.7. The molecule has 6 nitrogen and oxygen atoms in total. The molecule has 0 radical (unpaired) electrons. The van der Waals surface area contributed by atoms with Crippen LogP contribution < -0.4 is 5.32 Å². The normalized spacial score (nSPS) is 16.3. The molecule has 1 atom stereocenters. The van der Waals surface area contributed by atoms with Gasteiger partial charge in [0.25, 0.3) is 0 Å². The molecule has 29 heavy (non-hydrogen) atoms. The first kappa shape index (κ1) is 19.2. The van der Waals surface area contributed by atoms with E-state index in [1.807, 2.05) is 30.5 Å². The zero-order chi connectivity index (χ0) is 20.4. The van der Waals surface area contributed by atoms with E-state index in [0.29, 0.717) is 24.3 Å². The van der Waals surface area contributed by atoms with E-state index < -0.39 is 5.92 Å². The fourth-order valence-electron chi connectivity index (χ4n) is 3.40. The number of nitrogens with one attached hydrogen (secondary N) is 1. The Morgan fingerprint density at radius 2 is 2.17 bits per heavy atom. The van der Waals surface area contributed by atoms with E-state index in [-0.39, 0.29) is 24.1 Å². The van der Waals surface area contributed by atoms with Gasteiger partial charge in [-0.05, 0) is 47.8 Å². The Morgan fingerprint density at radius 1 is 1.31 bits per heavy atom. The number of halogens is 1. The highest BCUT2D eigenvalue weighted by molar-refractivity contribution is 7.03. The first-order valence-electron chi connectivity index (χ1n) is 9.21. The van der Waals surface area contributed by atoms with Crippen molar-refractivity contribution in [3.05, 3.63) is 64.8 Å². The number of amides is 2. The quantitative estimate of drug-likeness (QED) is 0.697. The van der Waals surface area contributed by atoms with Gasteiger partial charge in [-0.25, -0.2) is 4.39 Å². The number of hydrogen-bond acceptors (Lipinski definition) is 5. The molecule has 148 valence electrons. The summed E-state index contributed by atoms with van der Waals surface area (Å²) in [5.41, 5.74) is 3.94. The SMILES string of the molecule is Cc1ccc(-c2csnn2)cc1NC(=O)[C@@H]1CC(=O)N(Cc2cccc(F)c2)C1. The van der Waals surface area contributed by atoms with Gasteiger partial charge in [0.05, 0.1) is 5.92 Å². The van der Waals surface area contributed by atoms with E-state index in [0.717, 1.165) is 16.8 Å². The lowest BCUT2D eigenvalue weighted by Gasteiger charge is -2.17. The van der Waals surface area contributed by atoms with E-state index in [2.05, 4.69) is 14.9 Å². The van der Waals surface area contributed by atoms with Crippen molar-refractivity contribution in [1.29, 1.82) is 0 Å². The average Bonchev–Trinajstić information content (AvgIpc) is 3.34. The summed E-state index contributed by atoms with van der Waals surface area (Å²) in [6.45, 7) is 2.52. The molecule has 1 fully saturated rings. The average molecular weight is 410 g/mol. The Labute approximate surface area is 171 Å². The molecular formula is C21H19FN4O2S. The van der Waals surface area contributed by atoms with E-state index >= 15 is 0 Å². The van der Waals surface area contributed by atoms with Gasteiger partial charge in [0.15, 0.2) is 0 Å². The van der Waals surface area contributed by atoms with Crippen molar-refractivity contribution < 1.29 is 14.0 Å². The zero-order valence-corrected chi connectivity index (χ0v) is 16.6. The Morgan fingerprint density at radius 3 is 2.93 bits per heavy atom. The molecule has 0 bridgehead atoms. The summed E-state index contributed by atoms with van der Waals surface area (Å²) in [6, 6.07) is 11.9. The third-order valence-electron chi connectivity index (χ3n) is 5.00. The molecule has 2 heterocycles. The first-order valence-corrected chi connectivity index (χ1v) is 10.0. The fraction of sp³-hybridized carbons (Fsp3) is 0.238. The highest BCUT2D eigenvalue weighted by Crippen LogP contribution is 2.27. The van der Waals surface area contributed by atoms with Gasteiger partial charge < -0.3 is 10.2 Å². The number of rotatable bonds is 5. The molecule has 2 aromatic carbocycles. The second kappa shape index (κ2) is 8.08. The number of aromatic nitrogens is 2. The van der Waals surface area contributed by atoms with Crippen molar-refractivity contribution in [2.45, 2.75) is 19.9 Å². The van der Waals surface area contributed by atoms with Gasteiger partial charge >= 0.3 is 0 Å². The van der Waals surface area contributed by atoms with Crippen LogP contribution in [-0.2, 0) is 16.1 Å². The molecule has 0 unspecified atom stereocenters. The van der Waals surface area contributed by atoms with Gasteiger partial charge in [0.2, 0.25) is 11.8 Å². The summed E-state index contributed by atoms with van der Waals surface area (Å²) < 4.78 is 17.3. The largest absolute Gasteiger partial charge is 0.338 e. The van der Waals surface area contributed by atoms with Crippen molar-refractivity contribution >= 4 is 29.0 Å². The molecule has 1 aliphatic rings. The van der Waals surface area contributed by atoms with Gasteiger partial charge in [-0.3, -0.25) is 9.59 Å². The number of nitrogens with zero attached hydrogens (tertiary/aromatic N) is 3. The molecule has 0 saturated carbocycles. The molecule has 0 spiro atoms. The molecule has 3 aromatic rings. The summed E-state index contributed by atoms with van der Waals surface area (Å²) in [6.07, 6.45) is 0.149. The maximum absolute atomic E-state index is 13.4. The molecule has 1 N–H and O–H groups in total. The lowest BCUT2D eigenvalue weighted by atomic mass is 10.1. The maximum Gasteiger partial charge on any atom is 0.229 e. The van der Waals surface area contributed by atoms with Crippen molar-refractivity contribution in [3.8, 4) is 11.3 Å². The van der Waals surface area contributed by atoms with Gasteiger partial charge in [0.1, 0.15) is 11.5 Å². The number of carbonyl (C=O) groups is 2. The number of hydrogen-bond donors (Lipinski definition) is 1. The number of aryl methyl sites for hydroxylation is 1. The number of benzene rings is 2. The molecule has 2 amide bonds. The lowest BCUT2D eigenvalue weighted by molar-refractivity contribution is -0.128. The third-order valence-corrected chi connectivity index (χ3v) is 5.50. The van der Waals surface area contributed by atoms with Crippen LogP contribution in [0.3, 0.4) is 0 Å². The highest BCUT2D eigenvalue weighted by atomic mass is 32.1. The van der Waals surface area contributed by atoms with Crippen molar-refractivity contribution in [2.24, 2.45) is 5.92 Å². The standard InChI is InChI=1S/C21H19FN4O2S/c1-13-5-6-15(19-12-29-25-24-19)8-18(13)23-21(28)16-9-20(27)26(11-16)10-14-3-2-4-17(22)7-14/h2-8,12,16H,9-11H2,1H3,(H,23,28)/t16-/m1/s1. The maximum atomic E-state index is 13.4. The van der Waals surface area contributed by atoms with Gasteiger partial charge in [0, 0.05) is 36.1 Å². The topological polar surface area (TPSA) is 75.2 Å². The van der Waals surface area contributed by atoms with E-state index in [1.165, 1.54) is 23.7 Å². The molecule has 1 aliphatic heterocycles. The molecule has 8 heteroatoms. The number of anilines is 1. The minimum absolute atomic E-state index is 0.103. The van der Waals surface area contributed by atoms with Crippen molar-refractivity contribution in [3.63, 3.8) is 0 Å². The molecular weight excluding hydrogens is 391 g/mol. The van der Waals surface area contributed by atoms with Gasteiger partial charge in [-0.1, -0.05) is 28.8 Å².